The maximum atomic E-state index is 14.1. The van der Waals surface area contributed by atoms with E-state index >= 15 is 0 Å². The highest BCUT2D eigenvalue weighted by Gasteiger charge is 2.79. The van der Waals surface area contributed by atoms with Gasteiger partial charge in [0.15, 0.2) is 0 Å². The molecule has 3 fully saturated rings. The molecule has 3 aliphatic rings. The Morgan fingerprint density at radius 3 is 2.41 bits per heavy atom. The van der Waals surface area contributed by atoms with Gasteiger partial charge in [0.2, 0.25) is 17.7 Å². The molecule has 0 aromatic heterocycles. The zero-order valence-corrected chi connectivity index (χ0v) is 23.2. The molecule has 3 aliphatic heterocycles. The van der Waals surface area contributed by atoms with Gasteiger partial charge < -0.3 is 25.4 Å². The molecule has 8 heteroatoms. The molecule has 3 N–H and O–H groups in total. The van der Waals surface area contributed by atoms with Gasteiger partial charge in [0.05, 0.1) is 17.4 Å². The second-order valence-corrected chi connectivity index (χ2v) is 11.6. The van der Waals surface area contributed by atoms with Crippen LogP contribution in [-0.4, -0.2) is 58.1 Å². The number of benzene rings is 2. The number of aryl methyl sites for hydroxylation is 2. The van der Waals surface area contributed by atoms with Crippen molar-refractivity contribution in [1.82, 2.24) is 10.2 Å². The van der Waals surface area contributed by atoms with Crippen LogP contribution < -0.4 is 10.6 Å². The molecule has 0 aliphatic carbocycles. The average Bonchev–Trinajstić information content (AvgIpc) is 3.42. The molecular formula is C31H39N3O5. The summed E-state index contributed by atoms with van der Waals surface area (Å²) in [5.74, 6) is -2.23. The van der Waals surface area contributed by atoms with Crippen LogP contribution in [0.25, 0.3) is 0 Å². The normalized spacial score (nSPS) is 30.9. The number of hydrogen-bond acceptors (Lipinski definition) is 5. The number of nitrogens with zero attached hydrogens (tertiary/aromatic N) is 1. The van der Waals surface area contributed by atoms with Gasteiger partial charge in [0, 0.05) is 25.4 Å². The number of nitrogens with one attached hydrogen (secondary N) is 2. The number of carbonyl (C=O) groups excluding carboxylic acids is 3. The van der Waals surface area contributed by atoms with E-state index in [4.69, 9.17) is 4.74 Å². The largest absolute Gasteiger partial charge is 0.396 e. The first kappa shape index (κ1) is 27.3. The summed E-state index contributed by atoms with van der Waals surface area (Å²) < 4.78 is 6.77. The Morgan fingerprint density at radius 1 is 1.05 bits per heavy atom. The highest BCUT2D eigenvalue weighted by atomic mass is 16.5. The molecule has 3 amide bonds. The Labute approximate surface area is 230 Å². The van der Waals surface area contributed by atoms with Crippen LogP contribution in [0.2, 0.25) is 0 Å². The molecule has 39 heavy (non-hydrogen) atoms. The lowest BCUT2D eigenvalue weighted by molar-refractivity contribution is -0.146. The predicted molar refractivity (Wildman–Crippen MR) is 148 cm³/mol. The summed E-state index contributed by atoms with van der Waals surface area (Å²) in [6.45, 7) is 8.52. The molecule has 5 rings (SSSR count). The first-order chi connectivity index (χ1) is 18.6. The Balaban J connectivity index is 1.49. The van der Waals surface area contributed by atoms with Gasteiger partial charge in [-0.1, -0.05) is 55.5 Å². The zero-order valence-electron chi connectivity index (χ0n) is 23.2. The molecule has 208 valence electrons. The average molecular weight is 534 g/mol. The maximum Gasteiger partial charge on any atom is 0.250 e. The van der Waals surface area contributed by atoms with Crippen molar-refractivity contribution in [2.75, 3.05) is 18.5 Å². The Morgan fingerprint density at radius 2 is 1.74 bits per heavy atom. The molecule has 3 unspecified atom stereocenters. The molecule has 6 atom stereocenters. The minimum Gasteiger partial charge on any atom is -0.396 e. The third-order valence-corrected chi connectivity index (χ3v) is 9.19. The number of carbonyl (C=O) groups is 3. The number of amides is 3. The highest BCUT2D eigenvalue weighted by Crippen LogP contribution is 2.65. The quantitative estimate of drug-likeness (QED) is 0.429. The smallest absolute Gasteiger partial charge is 0.250 e. The first-order valence-corrected chi connectivity index (χ1v) is 13.9. The fourth-order valence-corrected chi connectivity index (χ4v) is 7.17. The van der Waals surface area contributed by atoms with Crippen molar-refractivity contribution in [2.45, 2.75) is 70.7 Å². The van der Waals surface area contributed by atoms with Crippen LogP contribution in [0.1, 0.15) is 49.8 Å². The number of anilines is 1. The number of aliphatic hydroxyl groups is 1. The monoisotopic (exact) mass is 533 g/mol. The molecule has 2 bridgehead atoms. The minimum atomic E-state index is -1.10. The Kier molecular flexibility index (Phi) is 7.29. The van der Waals surface area contributed by atoms with E-state index in [0.717, 1.165) is 22.4 Å². The third kappa shape index (κ3) is 4.43. The highest BCUT2D eigenvalue weighted by molar-refractivity contribution is 6.04. The number of unbranched alkanes of at least 4 members (excludes halogenated alkanes) is 1. The van der Waals surface area contributed by atoms with E-state index in [2.05, 4.69) is 10.6 Å². The van der Waals surface area contributed by atoms with Crippen molar-refractivity contribution in [3.8, 4) is 0 Å². The van der Waals surface area contributed by atoms with Gasteiger partial charge in [-0.05, 0) is 62.6 Å². The van der Waals surface area contributed by atoms with Crippen LogP contribution >= 0.6 is 0 Å². The molecule has 0 saturated carbocycles. The fourth-order valence-electron chi connectivity index (χ4n) is 7.17. The number of fused-ring (bicyclic) bond motifs is 1. The molecule has 0 radical (unpaired) electrons. The Bertz CT molecular complexity index is 1250. The summed E-state index contributed by atoms with van der Waals surface area (Å²) in [5, 5.41) is 15.5. The first-order valence-electron chi connectivity index (χ1n) is 13.9. The van der Waals surface area contributed by atoms with Gasteiger partial charge in [-0.2, -0.15) is 0 Å². The Hall–Kier alpha value is -3.23. The van der Waals surface area contributed by atoms with Crippen molar-refractivity contribution < 1.29 is 24.2 Å². The van der Waals surface area contributed by atoms with Crippen LogP contribution in [0.15, 0.2) is 48.5 Å². The summed E-state index contributed by atoms with van der Waals surface area (Å²) in [6.07, 6.45) is 1.59. The maximum absolute atomic E-state index is 14.1. The van der Waals surface area contributed by atoms with E-state index < -0.39 is 29.1 Å². The van der Waals surface area contributed by atoms with Crippen LogP contribution in [0, 0.1) is 31.6 Å². The van der Waals surface area contributed by atoms with Crippen LogP contribution in [-0.2, 0) is 25.7 Å². The molecular weight excluding hydrogens is 494 g/mol. The van der Waals surface area contributed by atoms with Gasteiger partial charge in [0.25, 0.3) is 0 Å². The lowest BCUT2D eigenvalue weighted by Crippen LogP contribution is -2.54. The van der Waals surface area contributed by atoms with Gasteiger partial charge in [-0.25, -0.2) is 0 Å². The van der Waals surface area contributed by atoms with E-state index in [9.17, 15) is 19.5 Å². The van der Waals surface area contributed by atoms with Crippen molar-refractivity contribution >= 4 is 23.4 Å². The lowest BCUT2D eigenvalue weighted by Gasteiger charge is -2.36. The SMILES string of the molecule is Cc1cccc(C)c1NC(=O)C1N(CCCCO)C(=O)[C@@H]2[C@H](C(=O)NCc3ccccc3)[C@@]3(C)OC12CC3C. The van der Waals surface area contributed by atoms with Crippen molar-refractivity contribution in [3.63, 3.8) is 0 Å². The number of rotatable bonds is 9. The van der Waals surface area contributed by atoms with Crippen molar-refractivity contribution in [2.24, 2.45) is 17.8 Å². The molecule has 3 saturated heterocycles. The van der Waals surface area contributed by atoms with Gasteiger partial charge in [-0.3, -0.25) is 14.4 Å². The van der Waals surface area contributed by atoms with E-state index in [-0.39, 0.29) is 30.2 Å². The third-order valence-electron chi connectivity index (χ3n) is 9.19. The summed E-state index contributed by atoms with van der Waals surface area (Å²) in [4.78, 5) is 43.6. The van der Waals surface area contributed by atoms with E-state index in [1.807, 2.05) is 76.2 Å². The van der Waals surface area contributed by atoms with Gasteiger partial charge >= 0.3 is 0 Å². The number of para-hydroxylation sites is 1. The van der Waals surface area contributed by atoms with Crippen LogP contribution in [0.5, 0.6) is 0 Å². The fraction of sp³-hybridized carbons (Fsp3) is 0.516. The predicted octanol–water partition coefficient (Wildman–Crippen LogP) is 3.34. The number of hydrogen-bond donors (Lipinski definition) is 3. The topological polar surface area (TPSA) is 108 Å². The second kappa shape index (κ2) is 10.4. The van der Waals surface area contributed by atoms with E-state index in [1.54, 1.807) is 4.90 Å². The van der Waals surface area contributed by atoms with Crippen LogP contribution in [0.3, 0.4) is 0 Å². The summed E-state index contributed by atoms with van der Waals surface area (Å²) in [7, 11) is 0. The van der Waals surface area contributed by atoms with Gasteiger partial charge in [0.1, 0.15) is 11.6 Å². The molecule has 2 aromatic carbocycles. The standard InChI is InChI=1S/C31H39N3O5/c1-19-11-10-12-20(2)25(19)33-28(37)26-31-17-21(3)30(4,39-31)23(24(31)29(38)34(26)15-8-9-16-35)27(36)32-18-22-13-6-5-7-14-22/h5-7,10-14,21,23-24,26,35H,8-9,15-18H2,1-4H3,(H,32,36)(H,33,37)/t21?,23-,24+,26?,30+,31?/m1/s1. The number of aliphatic hydroxyl groups excluding tert-OH is 1. The molecule has 3 heterocycles. The molecule has 2 aromatic rings. The molecule has 8 nitrogen and oxygen atoms in total. The van der Waals surface area contributed by atoms with E-state index in [1.165, 1.54) is 0 Å². The van der Waals surface area contributed by atoms with Gasteiger partial charge in [-0.15, -0.1) is 0 Å². The number of ether oxygens (including phenoxy) is 1. The van der Waals surface area contributed by atoms with E-state index in [0.29, 0.717) is 32.4 Å². The molecule has 1 spiro atoms. The van der Waals surface area contributed by atoms with Crippen molar-refractivity contribution in [3.05, 3.63) is 65.2 Å². The lowest BCUT2D eigenvalue weighted by atomic mass is 9.62. The number of likely N-dealkylation sites (tertiary alicyclic amines) is 1. The summed E-state index contributed by atoms with van der Waals surface area (Å²) in [6, 6.07) is 14.6. The summed E-state index contributed by atoms with van der Waals surface area (Å²) >= 11 is 0. The zero-order chi connectivity index (χ0) is 27.9. The second-order valence-electron chi connectivity index (χ2n) is 11.6. The summed E-state index contributed by atoms with van der Waals surface area (Å²) in [5.41, 5.74) is 1.61. The van der Waals surface area contributed by atoms with Crippen LogP contribution in [0.4, 0.5) is 5.69 Å². The van der Waals surface area contributed by atoms with Crippen molar-refractivity contribution in [1.29, 1.82) is 0 Å². The minimum absolute atomic E-state index is 0.00594.